The van der Waals surface area contributed by atoms with Gasteiger partial charge >= 0.3 is 0 Å². The minimum Gasteiger partial charge on any atom is -0.368 e. The Morgan fingerprint density at radius 3 is 2.27 bits per heavy atom. The standard InChI is InChI=1S/C10H13N5/c1-3-5-7(6-4-2)8-13-9(11)15-10(12)14-8/h3-6H,1H2,2H3,(H4,11,12,13,14,15)/b6-4-,7-5+. The van der Waals surface area contributed by atoms with Gasteiger partial charge in [-0.15, -0.1) is 0 Å². The van der Waals surface area contributed by atoms with E-state index in [-0.39, 0.29) is 11.9 Å². The highest BCUT2D eigenvalue weighted by Gasteiger charge is 2.04. The van der Waals surface area contributed by atoms with E-state index in [1.165, 1.54) is 0 Å². The number of rotatable bonds is 3. The largest absolute Gasteiger partial charge is 0.368 e. The molecule has 1 aromatic heterocycles. The van der Waals surface area contributed by atoms with Gasteiger partial charge in [0, 0.05) is 5.57 Å². The molecule has 0 fully saturated rings. The number of nitrogens with zero attached hydrogens (tertiary/aromatic N) is 3. The van der Waals surface area contributed by atoms with Crippen LogP contribution in [0, 0.1) is 0 Å². The summed E-state index contributed by atoms with van der Waals surface area (Å²) in [4.78, 5) is 11.7. The SMILES string of the molecule is C=C/C=C(\C=C/C)c1nc(N)nc(N)n1. The molecule has 5 nitrogen and oxygen atoms in total. The van der Waals surface area contributed by atoms with Crippen molar-refractivity contribution in [2.24, 2.45) is 0 Å². The van der Waals surface area contributed by atoms with Gasteiger partial charge in [-0.1, -0.05) is 30.9 Å². The summed E-state index contributed by atoms with van der Waals surface area (Å²) < 4.78 is 0. The van der Waals surface area contributed by atoms with Crippen molar-refractivity contribution in [1.29, 1.82) is 0 Å². The molecule has 1 heterocycles. The second-order valence-corrected chi connectivity index (χ2v) is 2.73. The summed E-state index contributed by atoms with van der Waals surface area (Å²) in [5.74, 6) is 0.659. The van der Waals surface area contributed by atoms with Gasteiger partial charge in [0.05, 0.1) is 0 Å². The number of hydrogen-bond acceptors (Lipinski definition) is 5. The minimum atomic E-state index is 0.108. The van der Waals surface area contributed by atoms with Crippen molar-refractivity contribution in [1.82, 2.24) is 15.0 Å². The van der Waals surface area contributed by atoms with E-state index in [2.05, 4.69) is 21.5 Å². The van der Waals surface area contributed by atoms with Gasteiger partial charge in [0.25, 0.3) is 0 Å². The van der Waals surface area contributed by atoms with E-state index in [0.29, 0.717) is 5.82 Å². The van der Waals surface area contributed by atoms with Crippen molar-refractivity contribution in [2.75, 3.05) is 11.5 Å². The predicted molar refractivity (Wildman–Crippen MR) is 61.6 cm³/mol. The Morgan fingerprint density at radius 2 is 1.80 bits per heavy atom. The molecule has 1 rings (SSSR count). The zero-order valence-electron chi connectivity index (χ0n) is 8.51. The van der Waals surface area contributed by atoms with Crippen molar-refractivity contribution >= 4 is 17.5 Å². The summed E-state index contributed by atoms with van der Waals surface area (Å²) >= 11 is 0. The maximum atomic E-state index is 5.47. The summed E-state index contributed by atoms with van der Waals surface area (Å²) in [6.45, 7) is 5.50. The first kappa shape index (κ1) is 10.9. The first-order valence-electron chi connectivity index (χ1n) is 4.40. The topological polar surface area (TPSA) is 90.7 Å². The summed E-state index contributed by atoms with van der Waals surface area (Å²) in [5, 5.41) is 0. The van der Waals surface area contributed by atoms with E-state index in [0.717, 1.165) is 5.57 Å². The van der Waals surface area contributed by atoms with Crippen LogP contribution in [0.1, 0.15) is 12.7 Å². The van der Waals surface area contributed by atoms with E-state index in [1.54, 1.807) is 12.2 Å². The van der Waals surface area contributed by atoms with Crippen molar-refractivity contribution < 1.29 is 0 Å². The van der Waals surface area contributed by atoms with Crippen molar-refractivity contribution in [3.63, 3.8) is 0 Å². The molecular weight excluding hydrogens is 190 g/mol. The lowest BCUT2D eigenvalue weighted by atomic mass is 10.2. The first-order chi connectivity index (χ1) is 7.17. The van der Waals surface area contributed by atoms with Gasteiger partial charge in [0.2, 0.25) is 11.9 Å². The lowest BCUT2D eigenvalue weighted by Crippen LogP contribution is -2.05. The third kappa shape index (κ3) is 2.91. The summed E-state index contributed by atoms with van der Waals surface area (Å²) in [5.41, 5.74) is 11.7. The van der Waals surface area contributed by atoms with Crippen molar-refractivity contribution in [2.45, 2.75) is 6.92 Å². The molecular formula is C10H13N5. The lowest BCUT2D eigenvalue weighted by molar-refractivity contribution is 1.05. The van der Waals surface area contributed by atoms with Gasteiger partial charge in [-0.3, -0.25) is 0 Å². The molecule has 0 aliphatic heterocycles. The quantitative estimate of drug-likeness (QED) is 0.720. The van der Waals surface area contributed by atoms with Crippen LogP contribution < -0.4 is 11.5 Å². The molecule has 0 radical (unpaired) electrons. The third-order valence-electron chi connectivity index (χ3n) is 1.57. The molecule has 5 heteroatoms. The Morgan fingerprint density at radius 1 is 1.20 bits per heavy atom. The third-order valence-corrected chi connectivity index (χ3v) is 1.57. The Bertz CT molecular complexity index is 400. The van der Waals surface area contributed by atoms with Gasteiger partial charge in [-0.05, 0) is 6.92 Å². The highest BCUT2D eigenvalue weighted by atomic mass is 15.1. The normalized spacial score (nSPS) is 11.9. The Balaban J connectivity index is 3.22. The molecule has 0 atom stereocenters. The van der Waals surface area contributed by atoms with Gasteiger partial charge in [-0.25, -0.2) is 0 Å². The first-order valence-corrected chi connectivity index (χ1v) is 4.40. The minimum absolute atomic E-state index is 0.108. The van der Waals surface area contributed by atoms with Crippen LogP contribution in [-0.4, -0.2) is 15.0 Å². The van der Waals surface area contributed by atoms with Gasteiger partial charge < -0.3 is 11.5 Å². The van der Waals surface area contributed by atoms with Crippen LogP contribution in [0.5, 0.6) is 0 Å². The molecule has 78 valence electrons. The Kier molecular flexibility index (Phi) is 3.56. The highest BCUT2D eigenvalue weighted by molar-refractivity contribution is 5.71. The van der Waals surface area contributed by atoms with E-state index in [1.807, 2.05) is 19.1 Å². The van der Waals surface area contributed by atoms with Crippen LogP contribution in [0.15, 0.2) is 30.9 Å². The average Bonchev–Trinajstić information content (AvgIpc) is 2.16. The van der Waals surface area contributed by atoms with E-state index >= 15 is 0 Å². The number of hydrogen-bond donors (Lipinski definition) is 2. The van der Waals surface area contributed by atoms with Crippen molar-refractivity contribution in [3.8, 4) is 0 Å². The fourth-order valence-electron chi connectivity index (χ4n) is 1.05. The molecule has 0 aliphatic rings. The number of nitrogens with two attached hydrogens (primary N) is 2. The van der Waals surface area contributed by atoms with E-state index in [9.17, 15) is 0 Å². The monoisotopic (exact) mass is 203 g/mol. The number of nitrogen functional groups attached to an aromatic ring is 2. The second kappa shape index (κ2) is 4.90. The van der Waals surface area contributed by atoms with Crippen LogP contribution in [0.25, 0.3) is 5.57 Å². The van der Waals surface area contributed by atoms with Crippen LogP contribution in [0.3, 0.4) is 0 Å². The summed E-state index contributed by atoms with van der Waals surface area (Å²) in [6.07, 6.45) is 7.13. The van der Waals surface area contributed by atoms with Crippen molar-refractivity contribution in [3.05, 3.63) is 36.7 Å². The molecule has 1 aromatic rings. The fraction of sp³-hybridized carbons (Fsp3) is 0.100. The van der Waals surface area contributed by atoms with Gasteiger partial charge in [0.1, 0.15) is 0 Å². The molecule has 0 spiro atoms. The molecule has 0 saturated heterocycles. The molecule has 0 aromatic carbocycles. The molecule has 0 aliphatic carbocycles. The number of aromatic nitrogens is 3. The molecule has 0 bridgehead atoms. The predicted octanol–water partition coefficient (Wildman–Crippen LogP) is 1.18. The summed E-state index contributed by atoms with van der Waals surface area (Å²) in [6, 6.07) is 0. The smallest absolute Gasteiger partial charge is 0.225 e. The Labute approximate surface area is 88.3 Å². The van der Waals surface area contributed by atoms with Crippen LogP contribution in [0.2, 0.25) is 0 Å². The van der Waals surface area contributed by atoms with Gasteiger partial charge in [-0.2, -0.15) is 15.0 Å². The lowest BCUT2D eigenvalue weighted by Gasteiger charge is -2.01. The zero-order chi connectivity index (χ0) is 11.3. The van der Waals surface area contributed by atoms with Gasteiger partial charge in [0.15, 0.2) is 5.82 Å². The maximum Gasteiger partial charge on any atom is 0.225 e. The van der Waals surface area contributed by atoms with Crippen LogP contribution in [0.4, 0.5) is 11.9 Å². The summed E-state index contributed by atoms with van der Waals surface area (Å²) in [7, 11) is 0. The Hall–Kier alpha value is -2.17. The molecule has 0 saturated carbocycles. The van der Waals surface area contributed by atoms with Crippen LogP contribution in [-0.2, 0) is 0 Å². The fourth-order valence-corrected chi connectivity index (χ4v) is 1.05. The maximum absolute atomic E-state index is 5.47. The van der Waals surface area contributed by atoms with Crippen LogP contribution >= 0.6 is 0 Å². The average molecular weight is 203 g/mol. The second-order valence-electron chi connectivity index (χ2n) is 2.73. The van der Waals surface area contributed by atoms with E-state index in [4.69, 9.17) is 11.5 Å². The molecule has 15 heavy (non-hydrogen) atoms. The molecule has 4 N–H and O–H groups in total. The highest BCUT2D eigenvalue weighted by Crippen LogP contribution is 2.12. The van der Waals surface area contributed by atoms with E-state index < -0.39 is 0 Å². The number of anilines is 2. The zero-order valence-corrected chi connectivity index (χ0v) is 8.51. The number of allylic oxidation sites excluding steroid dienone is 5. The molecule has 0 unspecified atom stereocenters. The molecule has 0 amide bonds.